The van der Waals surface area contributed by atoms with E-state index in [1.807, 2.05) is 10.8 Å². The maximum absolute atomic E-state index is 14.6. The van der Waals surface area contributed by atoms with Crippen LogP contribution in [-0.4, -0.2) is 35.9 Å². The Morgan fingerprint density at radius 1 is 1.24 bits per heavy atom. The molecule has 0 aliphatic heterocycles. The zero-order valence-electron chi connectivity index (χ0n) is 20.4. The third-order valence-corrected chi connectivity index (χ3v) is 7.01. The van der Waals surface area contributed by atoms with E-state index in [2.05, 4.69) is 45.9 Å². The predicted octanol–water partition coefficient (Wildman–Crippen LogP) is 7.39. The van der Waals surface area contributed by atoms with Gasteiger partial charge in [-0.25, -0.2) is 14.2 Å². The van der Waals surface area contributed by atoms with Crippen molar-refractivity contribution in [1.29, 1.82) is 0 Å². The monoisotopic (exact) mass is 551 g/mol. The second kappa shape index (κ2) is 10.5. The van der Waals surface area contributed by atoms with Crippen LogP contribution in [0.4, 0.5) is 14.9 Å². The molecule has 0 saturated carbocycles. The molecule has 7 nitrogen and oxygen atoms in total. The lowest BCUT2D eigenvalue weighted by Gasteiger charge is -2.19. The summed E-state index contributed by atoms with van der Waals surface area (Å²) in [5.74, 6) is 0.164. The van der Waals surface area contributed by atoms with Gasteiger partial charge < -0.3 is 18.8 Å². The van der Waals surface area contributed by atoms with Crippen LogP contribution in [0.1, 0.15) is 20.8 Å². The molecule has 34 heavy (non-hydrogen) atoms. The number of pyridine rings is 1. The maximum atomic E-state index is 14.6. The highest BCUT2D eigenvalue weighted by Crippen LogP contribution is 2.36. The number of rotatable bonds is 8. The Labute approximate surface area is 208 Å². The molecule has 3 aromatic rings. The minimum absolute atomic E-state index is 0.00396. The van der Waals surface area contributed by atoms with Gasteiger partial charge in [0.15, 0.2) is 5.82 Å². The molecule has 184 valence electrons. The Morgan fingerprint density at radius 2 is 1.97 bits per heavy atom. The number of aromatic nitrogens is 2. The number of nitrogens with zero attached hydrogens (tertiary/aromatic N) is 2. The molecule has 3 rings (SSSR count). The average molecular weight is 553 g/mol. The van der Waals surface area contributed by atoms with Crippen LogP contribution in [-0.2, 0) is 16.2 Å². The molecule has 0 unspecified atom stereocenters. The molecule has 0 aliphatic rings. The van der Waals surface area contributed by atoms with E-state index in [0.29, 0.717) is 24.7 Å². The van der Waals surface area contributed by atoms with Crippen LogP contribution < -0.4 is 10.1 Å². The number of hydrogen-bond donors (Lipinski definition) is 1. The highest BCUT2D eigenvalue weighted by Gasteiger charge is 2.19. The van der Waals surface area contributed by atoms with E-state index in [1.165, 1.54) is 12.1 Å². The fourth-order valence-corrected chi connectivity index (χ4v) is 4.44. The third-order valence-electron chi connectivity index (χ3n) is 4.70. The van der Waals surface area contributed by atoms with Gasteiger partial charge in [-0.15, -0.1) is 0 Å². The van der Waals surface area contributed by atoms with E-state index < -0.39 is 25.6 Å². The van der Waals surface area contributed by atoms with Crippen LogP contribution >= 0.6 is 15.9 Å². The number of anilines is 1. The Bertz CT molecular complexity index is 1170. The lowest BCUT2D eigenvalue weighted by atomic mass is 10.2. The normalized spacial score (nSPS) is 12.1. The molecular weight excluding hydrogens is 521 g/mol. The first kappa shape index (κ1) is 26.2. The first-order chi connectivity index (χ1) is 15.8. The lowest BCUT2D eigenvalue weighted by Crippen LogP contribution is -2.27. The van der Waals surface area contributed by atoms with Crippen molar-refractivity contribution in [3.8, 4) is 11.5 Å². The molecule has 0 saturated heterocycles. The van der Waals surface area contributed by atoms with Crippen LogP contribution in [0.2, 0.25) is 25.7 Å². The van der Waals surface area contributed by atoms with Gasteiger partial charge in [0, 0.05) is 37.6 Å². The summed E-state index contributed by atoms with van der Waals surface area (Å²) in [7, 11) is -1.16. The van der Waals surface area contributed by atoms with Crippen molar-refractivity contribution in [2.45, 2.75) is 58.8 Å². The van der Waals surface area contributed by atoms with Gasteiger partial charge in [0.2, 0.25) is 0 Å². The third kappa shape index (κ3) is 7.28. The smallest absolute Gasteiger partial charge is 0.412 e. The fraction of sp³-hybridized carbons (Fsp3) is 0.417. The van der Waals surface area contributed by atoms with E-state index >= 15 is 0 Å². The average Bonchev–Trinajstić information content (AvgIpc) is 3.02. The second-order valence-electron chi connectivity index (χ2n) is 10.2. The number of nitrogens with one attached hydrogen (secondary N) is 1. The minimum Gasteiger partial charge on any atom is -0.456 e. The van der Waals surface area contributed by atoms with Gasteiger partial charge in [0.05, 0.1) is 11.1 Å². The lowest BCUT2D eigenvalue weighted by molar-refractivity contribution is 0.0635. The SMILES string of the molecule is CC(C)(C)OC(=O)Nc1ccc(Oc2ccnc3c2c(Br)cn3COCC[Si](C)(C)C)cc1F. The molecule has 0 aliphatic carbocycles. The predicted molar refractivity (Wildman–Crippen MR) is 138 cm³/mol. The van der Waals surface area contributed by atoms with Crippen molar-refractivity contribution in [2.75, 3.05) is 11.9 Å². The van der Waals surface area contributed by atoms with Crippen molar-refractivity contribution < 1.29 is 23.4 Å². The number of amides is 1. The largest absolute Gasteiger partial charge is 0.456 e. The van der Waals surface area contributed by atoms with Crippen molar-refractivity contribution in [1.82, 2.24) is 9.55 Å². The molecule has 10 heteroatoms. The van der Waals surface area contributed by atoms with E-state index in [-0.39, 0.29) is 11.4 Å². The van der Waals surface area contributed by atoms with E-state index in [4.69, 9.17) is 14.2 Å². The van der Waals surface area contributed by atoms with Crippen LogP contribution in [0.15, 0.2) is 41.1 Å². The number of carbonyl (C=O) groups is 1. The van der Waals surface area contributed by atoms with Crippen molar-refractivity contribution in [2.24, 2.45) is 0 Å². The highest BCUT2D eigenvalue weighted by molar-refractivity contribution is 9.10. The summed E-state index contributed by atoms with van der Waals surface area (Å²) in [5.41, 5.74) is 0.0183. The first-order valence-electron chi connectivity index (χ1n) is 11.0. The zero-order valence-corrected chi connectivity index (χ0v) is 23.0. The number of ether oxygens (including phenoxy) is 3. The van der Waals surface area contributed by atoms with Gasteiger partial charge in [0.1, 0.15) is 29.5 Å². The Morgan fingerprint density at radius 3 is 2.62 bits per heavy atom. The van der Waals surface area contributed by atoms with Gasteiger partial charge in [-0.05, 0) is 60.9 Å². The van der Waals surface area contributed by atoms with E-state index in [0.717, 1.165) is 15.9 Å². The Balaban J connectivity index is 1.74. The number of halogens is 2. The summed E-state index contributed by atoms with van der Waals surface area (Å²) in [6.07, 6.45) is 2.80. The van der Waals surface area contributed by atoms with Crippen molar-refractivity contribution >= 4 is 46.8 Å². The number of hydrogen-bond acceptors (Lipinski definition) is 5. The minimum atomic E-state index is -1.16. The summed E-state index contributed by atoms with van der Waals surface area (Å²) in [6.45, 7) is 13.2. The summed E-state index contributed by atoms with van der Waals surface area (Å²) in [4.78, 5) is 16.4. The second-order valence-corrected chi connectivity index (χ2v) is 16.6. The summed E-state index contributed by atoms with van der Waals surface area (Å²) in [5, 5.41) is 3.17. The Kier molecular flexibility index (Phi) is 8.05. The Hall–Kier alpha value is -2.43. The first-order valence-corrected chi connectivity index (χ1v) is 15.5. The molecule has 0 spiro atoms. The summed E-state index contributed by atoms with van der Waals surface area (Å²) < 4.78 is 34.3. The number of fused-ring (bicyclic) bond motifs is 1. The molecule has 0 bridgehead atoms. The molecule has 2 heterocycles. The standard InChI is InChI=1S/C24H31BrFN3O4Si/c1-24(2,3)33-23(30)28-19-8-7-16(13-18(19)26)32-20-9-10-27-22-21(20)17(25)14-29(22)15-31-11-12-34(4,5)6/h7-10,13-14H,11-12,15H2,1-6H3,(H,28,30). The van der Waals surface area contributed by atoms with E-state index in [9.17, 15) is 9.18 Å². The highest BCUT2D eigenvalue weighted by atomic mass is 79.9. The number of benzene rings is 1. The zero-order chi connectivity index (χ0) is 25.1. The van der Waals surface area contributed by atoms with Gasteiger partial charge in [-0.2, -0.15) is 0 Å². The molecule has 1 amide bonds. The number of carbonyl (C=O) groups excluding carboxylic acids is 1. The van der Waals surface area contributed by atoms with Gasteiger partial charge >= 0.3 is 6.09 Å². The molecular formula is C24H31BrFN3O4Si. The molecule has 1 N–H and O–H groups in total. The van der Waals surface area contributed by atoms with Crippen molar-refractivity contribution in [3.05, 3.63) is 46.9 Å². The fourth-order valence-electron chi connectivity index (χ4n) is 3.06. The topological polar surface area (TPSA) is 74.6 Å². The molecule has 0 radical (unpaired) electrons. The van der Waals surface area contributed by atoms with Crippen LogP contribution in [0.5, 0.6) is 11.5 Å². The van der Waals surface area contributed by atoms with Gasteiger partial charge in [0.25, 0.3) is 0 Å². The van der Waals surface area contributed by atoms with Crippen molar-refractivity contribution in [3.63, 3.8) is 0 Å². The maximum Gasteiger partial charge on any atom is 0.412 e. The van der Waals surface area contributed by atoms with Gasteiger partial charge in [-0.3, -0.25) is 5.32 Å². The van der Waals surface area contributed by atoms with Crippen LogP contribution in [0, 0.1) is 5.82 Å². The van der Waals surface area contributed by atoms with Gasteiger partial charge in [-0.1, -0.05) is 19.6 Å². The van der Waals surface area contributed by atoms with E-state index in [1.54, 1.807) is 39.1 Å². The molecule has 2 aromatic heterocycles. The molecule has 0 atom stereocenters. The van der Waals surface area contributed by atoms with Crippen LogP contribution in [0.25, 0.3) is 11.0 Å². The molecule has 1 aromatic carbocycles. The summed E-state index contributed by atoms with van der Waals surface area (Å²) in [6, 6.07) is 7.02. The summed E-state index contributed by atoms with van der Waals surface area (Å²) >= 11 is 3.57. The molecule has 0 fully saturated rings. The van der Waals surface area contributed by atoms with Crippen LogP contribution in [0.3, 0.4) is 0 Å². The quantitative estimate of drug-likeness (QED) is 0.233.